The number of nitrogens with zero attached hydrogens (tertiary/aromatic N) is 2. The van der Waals surface area contributed by atoms with Gasteiger partial charge in [-0.1, -0.05) is 17.7 Å². The van der Waals surface area contributed by atoms with Gasteiger partial charge in [0.1, 0.15) is 5.15 Å². The number of hydrogen-bond donors (Lipinski definition) is 0. The summed E-state index contributed by atoms with van der Waals surface area (Å²) >= 11 is 5.73. The van der Waals surface area contributed by atoms with Crippen LogP contribution in [0.15, 0.2) is 18.3 Å². The Kier molecular flexibility index (Phi) is 3.21. The predicted octanol–water partition coefficient (Wildman–Crippen LogP) is 2.42. The van der Waals surface area contributed by atoms with Gasteiger partial charge >= 0.3 is 0 Å². The van der Waals surface area contributed by atoms with Gasteiger partial charge in [0.15, 0.2) is 0 Å². The van der Waals surface area contributed by atoms with E-state index in [2.05, 4.69) is 4.98 Å². The standard InChI is InChI=1S/C11H13ClN2O/c12-11-5-4-9(7-13-11)10-3-1-2-6-14(10)8-15/h4-5,7-8,10H,1-3,6H2/t10-/m1/s1. The summed E-state index contributed by atoms with van der Waals surface area (Å²) in [5, 5.41) is 0.493. The van der Waals surface area contributed by atoms with Crippen LogP contribution in [0.2, 0.25) is 5.15 Å². The summed E-state index contributed by atoms with van der Waals surface area (Å²) < 4.78 is 0. The third-order valence-corrected chi connectivity index (χ3v) is 3.04. The number of carbonyl (C=O) groups excluding carboxylic acids is 1. The Hall–Kier alpha value is -1.09. The molecule has 0 aliphatic carbocycles. The van der Waals surface area contributed by atoms with Gasteiger partial charge < -0.3 is 4.90 Å². The van der Waals surface area contributed by atoms with E-state index in [4.69, 9.17) is 11.6 Å². The number of halogens is 1. The van der Waals surface area contributed by atoms with Gasteiger partial charge in [-0.05, 0) is 30.9 Å². The van der Waals surface area contributed by atoms with Crippen molar-refractivity contribution in [3.8, 4) is 0 Å². The van der Waals surface area contributed by atoms with Crippen LogP contribution >= 0.6 is 11.6 Å². The van der Waals surface area contributed by atoms with E-state index in [-0.39, 0.29) is 6.04 Å². The first kappa shape index (κ1) is 10.4. The third kappa shape index (κ3) is 2.29. The van der Waals surface area contributed by atoms with Crippen molar-refractivity contribution in [1.82, 2.24) is 9.88 Å². The lowest BCUT2D eigenvalue weighted by Gasteiger charge is -2.32. The molecular weight excluding hydrogens is 212 g/mol. The molecular formula is C11H13ClN2O. The molecule has 1 amide bonds. The maximum atomic E-state index is 10.9. The molecule has 4 heteroatoms. The molecule has 80 valence electrons. The van der Waals surface area contributed by atoms with E-state index in [9.17, 15) is 4.79 Å². The van der Waals surface area contributed by atoms with Crippen LogP contribution in [0, 0.1) is 0 Å². The van der Waals surface area contributed by atoms with Gasteiger partial charge in [-0.3, -0.25) is 4.79 Å². The van der Waals surface area contributed by atoms with Crippen molar-refractivity contribution in [1.29, 1.82) is 0 Å². The molecule has 3 nitrogen and oxygen atoms in total. The summed E-state index contributed by atoms with van der Waals surface area (Å²) in [6.07, 6.45) is 5.96. The van der Waals surface area contributed by atoms with Crippen LogP contribution in [0.3, 0.4) is 0 Å². The zero-order chi connectivity index (χ0) is 10.7. The second-order valence-electron chi connectivity index (χ2n) is 3.77. The first-order valence-corrected chi connectivity index (χ1v) is 5.51. The first-order chi connectivity index (χ1) is 7.31. The Morgan fingerprint density at radius 3 is 3.00 bits per heavy atom. The molecule has 1 atom stereocenters. The number of amides is 1. The SMILES string of the molecule is O=CN1CCCC[C@@H]1c1ccc(Cl)nc1. The molecule has 0 radical (unpaired) electrons. The number of hydrogen-bond acceptors (Lipinski definition) is 2. The Morgan fingerprint density at radius 2 is 2.33 bits per heavy atom. The van der Waals surface area contributed by atoms with Crippen LogP contribution in [0.4, 0.5) is 0 Å². The minimum Gasteiger partial charge on any atom is -0.338 e. The molecule has 0 unspecified atom stereocenters. The van der Waals surface area contributed by atoms with Gasteiger partial charge in [0.05, 0.1) is 6.04 Å². The van der Waals surface area contributed by atoms with Crippen LogP contribution in [0.25, 0.3) is 0 Å². The number of pyridine rings is 1. The molecule has 2 heterocycles. The number of rotatable bonds is 2. The van der Waals surface area contributed by atoms with Crippen molar-refractivity contribution >= 4 is 18.0 Å². The zero-order valence-electron chi connectivity index (χ0n) is 8.40. The number of aromatic nitrogens is 1. The Labute approximate surface area is 94.1 Å². The molecule has 0 aromatic carbocycles. The fourth-order valence-corrected chi connectivity index (χ4v) is 2.13. The highest BCUT2D eigenvalue weighted by Gasteiger charge is 2.22. The number of carbonyl (C=O) groups is 1. The highest BCUT2D eigenvalue weighted by Crippen LogP contribution is 2.29. The molecule has 0 spiro atoms. The molecule has 1 aliphatic rings. The van der Waals surface area contributed by atoms with Crippen LogP contribution < -0.4 is 0 Å². The highest BCUT2D eigenvalue weighted by molar-refractivity contribution is 6.29. The molecule has 1 saturated heterocycles. The lowest BCUT2D eigenvalue weighted by Crippen LogP contribution is -2.32. The average molecular weight is 225 g/mol. The zero-order valence-corrected chi connectivity index (χ0v) is 9.15. The molecule has 0 bridgehead atoms. The van der Waals surface area contributed by atoms with E-state index in [1.54, 1.807) is 12.3 Å². The summed E-state index contributed by atoms with van der Waals surface area (Å²) in [5.74, 6) is 0. The van der Waals surface area contributed by atoms with Crippen molar-refractivity contribution in [3.63, 3.8) is 0 Å². The van der Waals surface area contributed by atoms with Gasteiger partial charge in [0, 0.05) is 12.7 Å². The van der Waals surface area contributed by atoms with Gasteiger partial charge in [-0.2, -0.15) is 0 Å². The normalized spacial score (nSPS) is 21.4. The van der Waals surface area contributed by atoms with Gasteiger partial charge in [-0.25, -0.2) is 4.98 Å². The molecule has 2 rings (SSSR count). The monoisotopic (exact) mass is 224 g/mol. The predicted molar refractivity (Wildman–Crippen MR) is 58.6 cm³/mol. The molecule has 1 aromatic heterocycles. The van der Waals surface area contributed by atoms with Gasteiger partial charge in [0.25, 0.3) is 0 Å². The first-order valence-electron chi connectivity index (χ1n) is 5.14. The summed E-state index contributed by atoms with van der Waals surface area (Å²) in [4.78, 5) is 16.8. The van der Waals surface area contributed by atoms with E-state index in [0.29, 0.717) is 5.15 Å². The Bertz CT molecular complexity index is 339. The summed E-state index contributed by atoms with van der Waals surface area (Å²) in [6.45, 7) is 0.844. The fourth-order valence-electron chi connectivity index (χ4n) is 2.02. The van der Waals surface area contributed by atoms with Crippen molar-refractivity contribution in [2.24, 2.45) is 0 Å². The van der Waals surface area contributed by atoms with E-state index in [0.717, 1.165) is 37.8 Å². The van der Waals surface area contributed by atoms with Crippen molar-refractivity contribution in [3.05, 3.63) is 29.0 Å². The maximum Gasteiger partial charge on any atom is 0.210 e. The molecule has 1 fully saturated rings. The van der Waals surface area contributed by atoms with Crippen LogP contribution in [-0.2, 0) is 4.79 Å². The van der Waals surface area contributed by atoms with Crippen molar-refractivity contribution < 1.29 is 4.79 Å². The Morgan fingerprint density at radius 1 is 1.47 bits per heavy atom. The van der Waals surface area contributed by atoms with Crippen LogP contribution in [0.1, 0.15) is 30.9 Å². The van der Waals surface area contributed by atoms with Crippen molar-refractivity contribution in [2.75, 3.05) is 6.54 Å². The quantitative estimate of drug-likeness (QED) is 0.571. The highest BCUT2D eigenvalue weighted by atomic mass is 35.5. The topological polar surface area (TPSA) is 33.2 Å². The molecule has 15 heavy (non-hydrogen) atoms. The second-order valence-corrected chi connectivity index (χ2v) is 4.16. The summed E-state index contributed by atoms with van der Waals surface area (Å²) in [7, 11) is 0. The maximum absolute atomic E-state index is 10.9. The fraction of sp³-hybridized carbons (Fsp3) is 0.455. The van der Waals surface area contributed by atoms with E-state index in [1.807, 2.05) is 11.0 Å². The van der Waals surface area contributed by atoms with E-state index >= 15 is 0 Å². The molecule has 1 aromatic rings. The van der Waals surface area contributed by atoms with Crippen LogP contribution in [-0.4, -0.2) is 22.8 Å². The Balaban J connectivity index is 2.20. The average Bonchev–Trinajstić information content (AvgIpc) is 2.30. The smallest absolute Gasteiger partial charge is 0.210 e. The lowest BCUT2D eigenvalue weighted by molar-refractivity contribution is -0.121. The van der Waals surface area contributed by atoms with E-state index in [1.165, 1.54) is 0 Å². The largest absolute Gasteiger partial charge is 0.338 e. The molecule has 1 aliphatic heterocycles. The number of piperidine rings is 1. The number of likely N-dealkylation sites (tertiary alicyclic amines) is 1. The van der Waals surface area contributed by atoms with Crippen molar-refractivity contribution in [2.45, 2.75) is 25.3 Å². The van der Waals surface area contributed by atoms with E-state index < -0.39 is 0 Å². The van der Waals surface area contributed by atoms with Crippen LogP contribution in [0.5, 0.6) is 0 Å². The third-order valence-electron chi connectivity index (χ3n) is 2.81. The summed E-state index contributed by atoms with van der Waals surface area (Å²) in [5.41, 5.74) is 1.08. The van der Waals surface area contributed by atoms with Gasteiger partial charge in [0.2, 0.25) is 6.41 Å². The minimum absolute atomic E-state index is 0.181. The minimum atomic E-state index is 0.181. The molecule has 0 saturated carbocycles. The lowest BCUT2D eigenvalue weighted by atomic mass is 9.97. The summed E-state index contributed by atoms with van der Waals surface area (Å²) in [6, 6.07) is 3.90. The molecule has 0 N–H and O–H groups in total. The second kappa shape index (κ2) is 4.62. The van der Waals surface area contributed by atoms with Gasteiger partial charge in [-0.15, -0.1) is 0 Å².